The fourth-order valence-corrected chi connectivity index (χ4v) is 1.62. The molecule has 1 aromatic rings. The number of amides is 1. The van der Waals surface area contributed by atoms with Crippen molar-refractivity contribution in [3.05, 3.63) is 23.2 Å². The Bertz CT molecular complexity index is 411. The van der Waals surface area contributed by atoms with Gasteiger partial charge in [0.05, 0.1) is 12.4 Å². The van der Waals surface area contributed by atoms with Crippen LogP contribution in [-0.4, -0.2) is 38.1 Å². The van der Waals surface area contributed by atoms with Gasteiger partial charge in [0.25, 0.3) is 5.91 Å². The molecule has 0 spiro atoms. The first kappa shape index (κ1) is 14.1. The molecular formula is C10H14ClN3O2S. The molecule has 1 N–H and O–H groups in total. The topological polar surface area (TPSA) is 72.0 Å². The molecule has 2 atom stereocenters. The van der Waals surface area contributed by atoms with Crippen LogP contribution in [0.3, 0.4) is 0 Å². The Morgan fingerprint density at radius 3 is 2.76 bits per heavy atom. The lowest BCUT2D eigenvalue weighted by atomic mass is 10.3. The second-order valence-corrected chi connectivity index (χ2v) is 5.77. The summed E-state index contributed by atoms with van der Waals surface area (Å²) in [6, 6.07) is 0. The van der Waals surface area contributed by atoms with E-state index in [0.29, 0.717) is 13.0 Å². The van der Waals surface area contributed by atoms with Crippen LogP contribution in [0.15, 0.2) is 12.4 Å². The Labute approximate surface area is 107 Å². The maximum absolute atomic E-state index is 11.6. The second-order valence-electron chi connectivity index (χ2n) is 3.58. The van der Waals surface area contributed by atoms with Gasteiger partial charge in [0.2, 0.25) is 0 Å². The van der Waals surface area contributed by atoms with Crippen molar-refractivity contribution in [2.24, 2.45) is 0 Å². The van der Waals surface area contributed by atoms with E-state index in [1.807, 2.05) is 6.92 Å². The third-order valence-corrected chi connectivity index (χ3v) is 3.82. The third-order valence-electron chi connectivity index (χ3n) is 2.26. The highest BCUT2D eigenvalue weighted by Gasteiger charge is 2.09. The van der Waals surface area contributed by atoms with Crippen molar-refractivity contribution in [2.45, 2.75) is 18.6 Å². The molecule has 0 aliphatic heterocycles. The Morgan fingerprint density at radius 1 is 1.53 bits per heavy atom. The van der Waals surface area contributed by atoms with Gasteiger partial charge in [-0.2, -0.15) is 0 Å². The molecule has 7 heteroatoms. The molecular weight excluding hydrogens is 262 g/mol. The smallest absolute Gasteiger partial charge is 0.271 e. The predicted molar refractivity (Wildman–Crippen MR) is 67.5 cm³/mol. The third kappa shape index (κ3) is 4.79. The highest BCUT2D eigenvalue weighted by atomic mass is 35.5. The first-order valence-corrected chi connectivity index (χ1v) is 7.08. The van der Waals surface area contributed by atoms with Crippen LogP contribution >= 0.6 is 11.6 Å². The van der Waals surface area contributed by atoms with Gasteiger partial charge in [0.15, 0.2) is 0 Å². The molecule has 0 saturated heterocycles. The Hall–Kier alpha value is -1.01. The molecule has 0 saturated carbocycles. The van der Waals surface area contributed by atoms with Gasteiger partial charge < -0.3 is 5.32 Å². The molecule has 0 bridgehead atoms. The minimum atomic E-state index is -0.869. The van der Waals surface area contributed by atoms with Crippen molar-refractivity contribution in [1.29, 1.82) is 0 Å². The fourth-order valence-electron chi connectivity index (χ4n) is 1.08. The summed E-state index contributed by atoms with van der Waals surface area (Å²) in [5.41, 5.74) is 0.222. The van der Waals surface area contributed by atoms with Gasteiger partial charge in [0.1, 0.15) is 10.8 Å². The molecule has 2 unspecified atom stereocenters. The number of halogens is 1. The summed E-state index contributed by atoms with van der Waals surface area (Å²) in [5.74, 6) is -0.303. The summed E-state index contributed by atoms with van der Waals surface area (Å²) in [6.45, 7) is 2.34. The number of carbonyl (C=O) groups is 1. The van der Waals surface area contributed by atoms with E-state index >= 15 is 0 Å². The zero-order chi connectivity index (χ0) is 12.8. The molecule has 94 valence electrons. The Morgan fingerprint density at radius 2 is 2.24 bits per heavy atom. The van der Waals surface area contributed by atoms with Crippen LogP contribution in [0.5, 0.6) is 0 Å². The van der Waals surface area contributed by atoms with Crippen LogP contribution in [-0.2, 0) is 10.8 Å². The minimum absolute atomic E-state index is 0.0617. The van der Waals surface area contributed by atoms with Crippen molar-refractivity contribution in [2.75, 3.05) is 12.8 Å². The average Bonchev–Trinajstić information content (AvgIpc) is 2.29. The van der Waals surface area contributed by atoms with E-state index in [0.717, 1.165) is 0 Å². The van der Waals surface area contributed by atoms with Gasteiger partial charge in [-0.1, -0.05) is 18.5 Å². The molecule has 0 aromatic carbocycles. The molecule has 0 radical (unpaired) electrons. The number of nitrogens with one attached hydrogen (secondary N) is 1. The van der Waals surface area contributed by atoms with Gasteiger partial charge in [-0.15, -0.1) is 0 Å². The fraction of sp³-hybridized carbons (Fsp3) is 0.500. The van der Waals surface area contributed by atoms with Crippen molar-refractivity contribution < 1.29 is 9.00 Å². The average molecular weight is 276 g/mol. The van der Waals surface area contributed by atoms with Crippen LogP contribution in [0, 0.1) is 0 Å². The van der Waals surface area contributed by atoms with Crippen LogP contribution in [0.4, 0.5) is 0 Å². The number of rotatable bonds is 5. The summed E-state index contributed by atoms with van der Waals surface area (Å²) in [7, 11) is -0.869. The highest BCUT2D eigenvalue weighted by Crippen LogP contribution is 2.01. The van der Waals surface area contributed by atoms with Crippen molar-refractivity contribution in [3.8, 4) is 0 Å². The first-order chi connectivity index (χ1) is 8.00. The van der Waals surface area contributed by atoms with Gasteiger partial charge >= 0.3 is 0 Å². The Balaban J connectivity index is 2.40. The molecule has 0 fully saturated rings. The highest BCUT2D eigenvalue weighted by molar-refractivity contribution is 7.84. The lowest BCUT2D eigenvalue weighted by Crippen LogP contribution is -2.28. The molecule has 1 amide bonds. The zero-order valence-corrected chi connectivity index (χ0v) is 11.2. The van der Waals surface area contributed by atoms with Crippen molar-refractivity contribution in [3.63, 3.8) is 0 Å². The molecule has 1 heterocycles. The predicted octanol–water partition coefficient (Wildman–Crippen LogP) is 1.02. The van der Waals surface area contributed by atoms with E-state index in [9.17, 15) is 9.00 Å². The second kappa shape index (κ2) is 6.66. The van der Waals surface area contributed by atoms with Crippen LogP contribution < -0.4 is 5.32 Å². The lowest BCUT2D eigenvalue weighted by Gasteiger charge is -2.08. The molecule has 0 aliphatic rings. The molecule has 1 rings (SSSR count). The lowest BCUT2D eigenvalue weighted by molar-refractivity contribution is 0.0948. The molecule has 5 nitrogen and oxygen atoms in total. The minimum Gasteiger partial charge on any atom is -0.351 e. The van der Waals surface area contributed by atoms with Crippen molar-refractivity contribution in [1.82, 2.24) is 15.3 Å². The number of hydrogen-bond donors (Lipinski definition) is 1. The van der Waals surface area contributed by atoms with E-state index in [4.69, 9.17) is 11.6 Å². The summed E-state index contributed by atoms with van der Waals surface area (Å²) in [6.07, 6.45) is 4.95. The standard InChI is InChI=1S/C10H14ClN3O2S/c1-7(17(2)16)3-4-12-10(15)8-5-14-9(11)6-13-8/h5-7H,3-4H2,1-2H3,(H,12,15). The quantitative estimate of drug-likeness (QED) is 0.871. The largest absolute Gasteiger partial charge is 0.351 e. The SMILES string of the molecule is CC(CCNC(=O)c1cnc(Cl)cn1)S(C)=O. The maximum atomic E-state index is 11.6. The van der Waals surface area contributed by atoms with E-state index in [1.54, 1.807) is 6.26 Å². The van der Waals surface area contributed by atoms with E-state index in [-0.39, 0.29) is 22.0 Å². The molecule has 1 aromatic heterocycles. The van der Waals surface area contributed by atoms with Gasteiger partial charge in [-0.3, -0.25) is 9.00 Å². The van der Waals surface area contributed by atoms with E-state index in [1.165, 1.54) is 12.4 Å². The number of nitrogens with zero attached hydrogens (tertiary/aromatic N) is 2. The monoisotopic (exact) mass is 275 g/mol. The van der Waals surface area contributed by atoms with E-state index < -0.39 is 10.8 Å². The zero-order valence-electron chi connectivity index (χ0n) is 9.64. The first-order valence-electron chi connectivity index (χ1n) is 5.08. The molecule has 0 aliphatic carbocycles. The van der Waals surface area contributed by atoms with Crippen LogP contribution in [0.25, 0.3) is 0 Å². The summed E-state index contributed by atoms with van der Waals surface area (Å²) >= 11 is 5.56. The number of carbonyl (C=O) groups excluding carboxylic acids is 1. The van der Waals surface area contributed by atoms with E-state index in [2.05, 4.69) is 15.3 Å². The number of aromatic nitrogens is 2. The normalized spacial score (nSPS) is 14.1. The van der Waals surface area contributed by atoms with Crippen LogP contribution in [0.1, 0.15) is 23.8 Å². The van der Waals surface area contributed by atoms with Gasteiger partial charge in [-0.25, -0.2) is 9.97 Å². The summed E-state index contributed by atoms with van der Waals surface area (Å²) in [5, 5.41) is 2.99. The van der Waals surface area contributed by atoms with Gasteiger partial charge in [0, 0.05) is 28.9 Å². The maximum Gasteiger partial charge on any atom is 0.271 e. The van der Waals surface area contributed by atoms with Gasteiger partial charge in [-0.05, 0) is 6.42 Å². The van der Waals surface area contributed by atoms with Crippen LogP contribution in [0.2, 0.25) is 5.15 Å². The summed E-state index contributed by atoms with van der Waals surface area (Å²) < 4.78 is 11.1. The Kier molecular flexibility index (Phi) is 5.50. The number of hydrogen-bond acceptors (Lipinski definition) is 4. The summed E-state index contributed by atoms with van der Waals surface area (Å²) in [4.78, 5) is 19.2. The van der Waals surface area contributed by atoms with Crippen molar-refractivity contribution >= 4 is 28.3 Å². The molecule has 17 heavy (non-hydrogen) atoms.